The molecule has 0 saturated heterocycles. The van der Waals surface area contributed by atoms with Crippen LogP contribution < -0.4 is 19.7 Å². The first-order chi connectivity index (χ1) is 12.9. The number of nitrogens with one attached hydrogen (secondary N) is 1. The van der Waals surface area contributed by atoms with Crippen molar-refractivity contribution in [3.8, 4) is 11.5 Å². The van der Waals surface area contributed by atoms with E-state index in [4.69, 9.17) is 9.47 Å². The number of carbonyl (C=O) groups is 2. The number of nitrogens with zero attached hydrogens (tertiary/aromatic N) is 1. The predicted molar refractivity (Wildman–Crippen MR) is 105 cm³/mol. The Balaban J connectivity index is 1.89. The molecule has 3 rings (SSSR count). The second-order valence-corrected chi connectivity index (χ2v) is 7.06. The molecule has 2 aromatic carbocycles. The predicted octanol–water partition coefficient (Wildman–Crippen LogP) is 3.72. The summed E-state index contributed by atoms with van der Waals surface area (Å²) in [5.41, 5.74) is 1.13. The number of para-hydroxylation sites is 1. The number of benzene rings is 2. The summed E-state index contributed by atoms with van der Waals surface area (Å²) in [5.74, 6) is 0.832. The molecule has 0 saturated carbocycles. The first kappa shape index (κ1) is 18.8. The molecule has 1 aliphatic heterocycles. The Morgan fingerprint density at radius 1 is 1.26 bits per heavy atom. The van der Waals surface area contributed by atoms with Crippen LogP contribution in [0.1, 0.15) is 31.1 Å². The van der Waals surface area contributed by atoms with Gasteiger partial charge in [-0.15, -0.1) is 0 Å². The Hall–Kier alpha value is -3.02. The van der Waals surface area contributed by atoms with Crippen LogP contribution in [0.3, 0.4) is 0 Å². The first-order valence-electron chi connectivity index (χ1n) is 8.90. The van der Waals surface area contributed by atoms with Gasteiger partial charge in [-0.05, 0) is 45.0 Å². The van der Waals surface area contributed by atoms with Gasteiger partial charge in [0.15, 0.2) is 0 Å². The van der Waals surface area contributed by atoms with E-state index < -0.39 is 5.41 Å². The SMILES string of the molecule is CCN1C(=O)C(C)(C)COc2cc(NC(=O)c3ccccc3OC)ccc21. The largest absolute Gasteiger partial charge is 0.496 e. The number of ether oxygens (including phenoxy) is 2. The molecule has 1 heterocycles. The highest BCUT2D eigenvalue weighted by Gasteiger charge is 2.37. The average molecular weight is 368 g/mol. The van der Waals surface area contributed by atoms with E-state index in [1.54, 1.807) is 41.3 Å². The molecular weight excluding hydrogens is 344 g/mol. The Labute approximate surface area is 159 Å². The van der Waals surface area contributed by atoms with Gasteiger partial charge in [0.05, 0.1) is 23.8 Å². The molecule has 142 valence electrons. The monoisotopic (exact) mass is 368 g/mol. The minimum absolute atomic E-state index is 0.0227. The van der Waals surface area contributed by atoms with Gasteiger partial charge < -0.3 is 19.7 Å². The van der Waals surface area contributed by atoms with Crippen molar-refractivity contribution in [2.45, 2.75) is 20.8 Å². The van der Waals surface area contributed by atoms with Gasteiger partial charge in [0, 0.05) is 18.3 Å². The fourth-order valence-corrected chi connectivity index (χ4v) is 3.07. The van der Waals surface area contributed by atoms with Crippen molar-refractivity contribution in [3.63, 3.8) is 0 Å². The van der Waals surface area contributed by atoms with Crippen molar-refractivity contribution in [3.05, 3.63) is 48.0 Å². The van der Waals surface area contributed by atoms with Crippen molar-refractivity contribution < 1.29 is 19.1 Å². The summed E-state index contributed by atoms with van der Waals surface area (Å²) < 4.78 is 11.1. The highest BCUT2D eigenvalue weighted by molar-refractivity contribution is 6.06. The summed E-state index contributed by atoms with van der Waals surface area (Å²) in [7, 11) is 1.53. The van der Waals surface area contributed by atoms with Crippen LogP contribution in [-0.2, 0) is 4.79 Å². The lowest BCUT2D eigenvalue weighted by molar-refractivity contribution is -0.127. The zero-order valence-corrected chi connectivity index (χ0v) is 16.0. The summed E-state index contributed by atoms with van der Waals surface area (Å²) in [6.45, 7) is 6.49. The quantitative estimate of drug-likeness (QED) is 0.893. The summed E-state index contributed by atoms with van der Waals surface area (Å²) in [4.78, 5) is 27.1. The van der Waals surface area contributed by atoms with Crippen LogP contribution in [0.15, 0.2) is 42.5 Å². The summed E-state index contributed by atoms with van der Waals surface area (Å²) >= 11 is 0. The lowest BCUT2D eigenvalue weighted by Crippen LogP contribution is -2.42. The van der Waals surface area contributed by atoms with Crippen LogP contribution in [0, 0.1) is 5.41 Å². The fourth-order valence-electron chi connectivity index (χ4n) is 3.07. The lowest BCUT2D eigenvalue weighted by atomic mass is 9.93. The third kappa shape index (κ3) is 3.60. The summed E-state index contributed by atoms with van der Waals surface area (Å²) in [5, 5.41) is 2.87. The Bertz CT molecular complexity index is 876. The van der Waals surface area contributed by atoms with Crippen LogP contribution >= 0.6 is 0 Å². The maximum absolute atomic E-state index is 12.7. The van der Waals surface area contributed by atoms with Crippen molar-refractivity contribution in [1.82, 2.24) is 0 Å². The third-order valence-corrected chi connectivity index (χ3v) is 4.59. The van der Waals surface area contributed by atoms with Gasteiger partial charge in [-0.25, -0.2) is 0 Å². The van der Waals surface area contributed by atoms with Crippen LogP contribution in [0.4, 0.5) is 11.4 Å². The topological polar surface area (TPSA) is 67.9 Å². The number of hydrogen-bond acceptors (Lipinski definition) is 4. The molecule has 0 fully saturated rings. The average Bonchev–Trinajstić information content (AvgIpc) is 2.76. The summed E-state index contributed by atoms with van der Waals surface area (Å²) in [6, 6.07) is 12.4. The minimum atomic E-state index is -0.615. The van der Waals surface area contributed by atoms with E-state index in [0.717, 1.165) is 0 Å². The maximum Gasteiger partial charge on any atom is 0.259 e. The molecule has 0 bridgehead atoms. The molecule has 2 aromatic rings. The molecule has 1 aliphatic rings. The van der Waals surface area contributed by atoms with E-state index in [2.05, 4.69) is 5.32 Å². The Morgan fingerprint density at radius 3 is 2.70 bits per heavy atom. The maximum atomic E-state index is 12.7. The number of methoxy groups -OCH3 is 1. The van der Waals surface area contributed by atoms with Gasteiger partial charge in [0.2, 0.25) is 5.91 Å². The zero-order chi connectivity index (χ0) is 19.6. The molecule has 0 spiro atoms. The first-order valence-corrected chi connectivity index (χ1v) is 8.90. The molecule has 6 heteroatoms. The number of carbonyl (C=O) groups excluding carboxylic acids is 2. The van der Waals surface area contributed by atoms with E-state index in [9.17, 15) is 9.59 Å². The van der Waals surface area contributed by atoms with Gasteiger partial charge in [0.25, 0.3) is 5.91 Å². The van der Waals surface area contributed by atoms with E-state index in [0.29, 0.717) is 35.0 Å². The number of rotatable bonds is 4. The van der Waals surface area contributed by atoms with Crippen LogP contribution in [0.5, 0.6) is 11.5 Å². The molecule has 27 heavy (non-hydrogen) atoms. The van der Waals surface area contributed by atoms with Gasteiger partial charge >= 0.3 is 0 Å². The molecule has 6 nitrogen and oxygen atoms in total. The van der Waals surface area contributed by atoms with Gasteiger partial charge in [0.1, 0.15) is 18.1 Å². The smallest absolute Gasteiger partial charge is 0.259 e. The second kappa shape index (κ2) is 7.31. The van der Waals surface area contributed by atoms with Gasteiger partial charge in [-0.3, -0.25) is 9.59 Å². The van der Waals surface area contributed by atoms with E-state index >= 15 is 0 Å². The Kier molecular flexibility index (Phi) is 5.08. The normalized spacial score (nSPS) is 15.4. The Morgan fingerprint density at radius 2 is 2.00 bits per heavy atom. The molecule has 0 aliphatic carbocycles. The number of hydrogen-bond donors (Lipinski definition) is 1. The van der Waals surface area contributed by atoms with Crippen LogP contribution in [0.25, 0.3) is 0 Å². The van der Waals surface area contributed by atoms with Crippen molar-refractivity contribution in [1.29, 1.82) is 0 Å². The van der Waals surface area contributed by atoms with Gasteiger partial charge in [-0.1, -0.05) is 12.1 Å². The fraction of sp³-hybridized carbons (Fsp3) is 0.333. The number of fused-ring (bicyclic) bond motifs is 1. The number of anilines is 2. The molecule has 0 aromatic heterocycles. The van der Waals surface area contributed by atoms with Crippen molar-refractivity contribution >= 4 is 23.2 Å². The van der Waals surface area contributed by atoms with Crippen molar-refractivity contribution in [2.75, 3.05) is 30.5 Å². The summed E-state index contributed by atoms with van der Waals surface area (Å²) in [6.07, 6.45) is 0. The second-order valence-electron chi connectivity index (χ2n) is 7.06. The highest BCUT2D eigenvalue weighted by atomic mass is 16.5. The molecule has 0 radical (unpaired) electrons. The van der Waals surface area contributed by atoms with E-state index in [1.165, 1.54) is 7.11 Å². The highest BCUT2D eigenvalue weighted by Crippen LogP contribution is 2.38. The van der Waals surface area contributed by atoms with Gasteiger partial charge in [-0.2, -0.15) is 0 Å². The number of amides is 2. The molecule has 2 amide bonds. The lowest BCUT2D eigenvalue weighted by Gasteiger charge is -2.26. The third-order valence-electron chi connectivity index (χ3n) is 4.59. The standard InChI is InChI=1S/C21H24N2O4/c1-5-23-16-11-10-14(12-18(16)27-13-21(2,3)20(23)25)22-19(24)15-8-6-7-9-17(15)26-4/h6-12H,5,13H2,1-4H3,(H,22,24). The molecule has 1 N–H and O–H groups in total. The molecular formula is C21H24N2O4. The van der Waals surface area contributed by atoms with Crippen LogP contribution in [-0.4, -0.2) is 32.1 Å². The molecule has 0 unspecified atom stereocenters. The van der Waals surface area contributed by atoms with E-state index in [-0.39, 0.29) is 18.4 Å². The van der Waals surface area contributed by atoms with Crippen molar-refractivity contribution in [2.24, 2.45) is 5.41 Å². The minimum Gasteiger partial charge on any atom is -0.496 e. The van der Waals surface area contributed by atoms with Crippen LogP contribution in [0.2, 0.25) is 0 Å². The zero-order valence-electron chi connectivity index (χ0n) is 16.0. The molecule has 0 atom stereocenters. The van der Waals surface area contributed by atoms with E-state index in [1.807, 2.05) is 26.8 Å².